The highest BCUT2D eigenvalue weighted by Crippen LogP contribution is 2.09. The minimum Gasteiger partial charge on any atom is -0.366 e. The molecule has 3 heteroatoms. The second-order valence-electron chi connectivity index (χ2n) is 2.89. The third-order valence-corrected chi connectivity index (χ3v) is 1.53. The van der Waals surface area contributed by atoms with Crippen LogP contribution in [0.3, 0.4) is 0 Å². The largest absolute Gasteiger partial charge is 0.366 e. The van der Waals surface area contributed by atoms with Gasteiger partial charge in [-0.05, 0) is 20.5 Å². The van der Waals surface area contributed by atoms with Crippen molar-refractivity contribution < 1.29 is 10.2 Å². The van der Waals surface area contributed by atoms with Gasteiger partial charge in [0, 0.05) is 13.0 Å². The number of hydrogen-bond donors (Lipinski definition) is 2. The van der Waals surface area contributed by atoms with Crippen molar-refractivity contribution in [2.24, 2.45) is 0 Å². The van der Waals surface area contributed by atoms with Gasteiger partial charge >= 0.3 is 0 Å². The van der Waals surface area contributed by atoms with E-state index in [9.17, 15) is 0 Å². The molecule has 10 heavy (non-hydrogen) atoms. The molecule has 0 radical (unpaired) electrons. The van der Waals surface area contributed by atoms with Crippen molar-refractivity contribution >= 4 is 0 Å². The van der Waals surface area contributed by atoms with Crippen molar-refractivity contribution in [2.75, 3.05) is 20.6 Å². The normalized spacial score (nSPS) is 12.6. The molecular weight excluding hydrogens is 130 g/mol. The predicted octanol–water partition coefficient (Wildman–Crippen LogP) is 0.0290. The van der Waals surface area contributed by atoms with Crippen LogP contribution in [0.25, 0.3) is 0 Å². The molecule has 0 aromatic rings. The number of hydrogen-bond acceptors (Lipinski definition) is 3. The van der Waals surface area contributed by atoms with Crippen LogP contribution in [0, 0.1) is 0 Å². The van der Waals surface area contributed by atoms with E-state index in [1.165, 1.54) is 0 Å². The molecule has 0 bridgehead atoms. The highest BCUT2D eigenvalue weighted by Gasteiger charge is 2.19. The summed E-state index contributed by atoms with van der Waals surface area (Å²) in [5, 5.41) is 18.2. The summed E-state index contributed by atoms with van der Waals surface area (Å²) >= 11 is 0. The smallest absolute Gasteiger partial charge is 0.163 e. The molecule has 0 rings (SSSR count). The summed E-state index contributed by atoms with van der Waals surface area (Å²) in [5.41, 5.74) is 0. The average molecular weight is 147 g/mol. The van der Waals surface area contributed by atoms with Crippen LogP contribution in [0.2, 0.25) is 0 Å². The van der Waals surface area contributed by atoms with Gasteiger partial charge in [-0.2, -0.15) is 0 Å². The Morgan fingerprint density at radius 3 is 2.10 bits per heavy atom. The summed E-state index contributed by atoms with van der Waals surface area (Å²) in [7, 11) is 3.82. The highest BCUT2D eigenvalue weighted by atomic mass is 16.5. The van der Waals surface area contributed by atoms with E-state index in [0.29, 0.717) is 19.4 Å². The van der Waals surface area contributed by atoms with E-state index in [2.05, 4.69) is 0 Å². The zero-order valence-electron chi connectivity index (χ0n) is 6.96. The predicted molar refractivity (Wildman–Crippen MR) is 40.6 cm³/mol. The molecule has 0 spiro atoms. The molecule has 0 heterocycles. The van der Waals surface area contributed by atoms with Crippen molar-refractivity contribution in [1.82, 2.24) is 4.90 Å². The topological polar surface area (TPSA) is 43.7 Å². The molecule has 0 unspecified atom stereocenters. The Morgan fingerprint density at radius 2 is 1.80 bits per heavy atom. The molecule has 3 nitrogen and oxygen atoms in total. The number of aliphatic hydroxyl groups is 2. The van der Waals surface area contributed by atoms with Crippen LogP contribution < -0.4 is 0 Å². The third kappa shape index (κ3) is 4.73. The van der Waals surface area contributed by atoms with Crippen LogP contribution in [0.1, 0.15) is 19.8 Å². The maximum atomic E-state index is 9.10. The van der Waals surface area contributed by atoms with Gasteiger partial charge in [0.25, 0.3) is 0 Å². The lowest BCUT2D eigenvalue weighted by Gasteiger charge is -2.21. The fourth-order valence-corrected chi connectivity index (χ4v) is 0.579. The van der Waals surface area contributed by atoms with Crippen molar-refractivity contribution in [2.45, 2.75) is 25.6 Å². The summed E-state index contributed by atoms with van der Waals surface area (Å²) in [5.74, 6) is -1.47. The Hall–Kier alpha value is -0.120. The number of rotatable bonds is 4. The fraction of sp³-hybridized carbons (Fsp3) is 1.00. The van der Waals surface area contributed by atoms with Gasteiger partial charge < -0.3 is 15.1 Å². The molecule has 0 aliphatic carbocycles. The van der Waals surface area contributed by atoms with Crippen molar-refractivity contribution in [1.29, 1.82) is 0 Å². The Balaban J connectivity index is 3.46. The fourth-order valence-electron chi connectivity index (χ4n) is 0.579. The second-order valence-corrected chi connectivity index (χ2v) is 2.89. The quantitative estimate of drug-likeness (QED) is 0.551. The zero-order chi connectivity index (χ0) is 8.20. The molecule has 0 aliphatic rings. The van der Waals surface area contributed by atoms with E-state index in [1.54, 1.807) is 6.92 Å². The first-order chi connectivity index (χ1) is 4.48. The van der Waals surface area contributed by atoms with Gasteiger partial charge in [-0.3, -0.25) is 0 Å². The van der Waals surface area contributed by atoms with E-state index in [0.717, 1.165) is 0 Å². The molecule has 0 fully saturated rings. The maximum Gasteiger partial charge on any atom is 0.163 e. The molecule has 2 N–H and O–H groups in total. The molecule has 0 atom stereocenters. The Bertz CT molecular complexity index is 91.6. The zero-order valence-corrected chi connectivity index (χ0v) is 6.96. The molecule has 0 aromatic heterocycles. The Labute approximate surface area is 62.3 Å². The SMILES string of the molecule is CCC(O)(O)CCN(C)C. The summed E-state index contributed by atoms with van der Waals surface area (Å²) in [6.45, 7) is 2.47. The molecule has 0 aliphatic heterocycles. The first kappa shape index (κ1) is 9.88. The molecule has 62 valence electrons. The maximum absolute atomic E-state index is 9.10. The minimum atomic E-state index is -1.47. The standard InChI is InChI=1S/C7H17NO2/c1-4-7(9,10)5-6-8(2)3/h9-10H,4-6H2,1-3H3. The van der Waals surface area contributed by atoms with E-state index in [1.807, 2.05) is 19.0 Å². The van der Waals surface area contributed by atoms with Crippen molar-refractivity contribution in [3.8, 4) is 0 Å². The van der Waals surface area contributed by atoms with Gasteiger partial charge in [-0.15, -0.1) is 0 Å². The third-order valence-electron chi connectivity index (χ3n) is 1.53. The number of nitrogens with zero attached hydrogens (tertiary/aromatic N) is 1. The van der Waals surface area contributed by atoms with E-state index >= 15 is 0 Å². The van der Waals surface area contributed by atoms with Crippen molar-refractivity contribution in [3.05, 3.63) is 0 Å². The Morgan fingerprint density at radius 1 is 1.30 bits per heavy atom. The summed E-state index contributed by atoms with van der Waals surface area (Å²) in [4.78, 5) is 1.93. The molecule has 0 saturated heterocycles. The lowest BCUT2D eigenvalue weighted by Crippen LogP contribution is -2.31. The molecule has 0 saturated carbocycles. The van der Waals surface area contributed by atoms with Crippen LogP contribution in [0.15, 0.2) is 0 Å². The van der Waals surface area contributed by atoms with Crippen LogP contribution in [-0.2, 0) is 0 Å². The summed E-state index contributed by atoms with van der Waals surface area (Å²) < 4.78 is 0. The highest BCUT2D eigenvalue weighted by molar-refractivity contribution is 4.62. The van der Waals surface area contributed by atoms with Gasteiger partial charge in [0.2, 0.25) is 0 Å². The van der Waals surface area contributed by atoms with Gasteiger partial charge in [-0.1, -0.05) is 6.92 Å². The molecular formula is C7H17NO2. The van der Waals surface area contributed by atoms with Crippen LogP contribution in [0.4, 0.5) is 0 Å². The van der Waals surface area contributed by atoms with Crippen LogP contribution in [0.5, 0.6) is 0 Å². The summed E-state index contributed by atoms with van der Waals surface area (Å²) in [6.07, 6.45) is 0.803. The van der Waals surface area contributed by atoms with E-state index in [4.69, 9.17) is 10.2 Å². The molecule has 0 amide bonds. The van der Waals surface area contributed by atoms with E-state index < -0.39 is 5.79 Å². The van der Waals surface area contributed by atoms with Crippen LogP contribution >= 0.6 is 0 Å². The first-order valence-electron chi connectivity index (χ1n) is 3.57. The van der Waals surface area contributed by atoms with Crippen molar-refractivity contribution in [3.63, 3.8) is 0 Å². The lowest BCUT2D eigenvalue weighted by molar-refractivity contribution is -0.168. The van der Waals surface area contributed by atoms with Gasteiger partial charge in [0.05, 0.1) is 0 Å². The Kier molecular flexibility index (Phi) is 3.86. The van der Waals surface area contributed by atoms with E-state index in [-0.39, 0.29) is 0 Å². The van der Waals surface area contributed by atoms with Gasteiger partial charge in [0.1, 0.15) is 0 Å². The van der Waals surface area contributed by atoms with Gasteiger partial charge in [0.15, 0.2) is 5.79 Å². The minimum absolute atomic E-state index is 0.390. The second kappa shape index (κ2) is 3.91. The van der Waals surface area contributed by atoms with Crippen LogP contribution in [-0.4, -0.2) is 41.5 Å². The first-order valence-corrected chi connectivity index (χ1v) is 3.57. The molecule has 0 aromatic carbocycles. The summed E-state index contributed by atoms with van der Waals surface area (Å²) in [6, 6.07) is 0. The van der Waals surface area contributed by atoms with Gasteiger partial charge in [-0.25, -0.2) is 0 Å². The lowest BCUT2D eigenvalue weighted by atomic mass is 10.1. The monoisotopic (exact) mass is 147 g/mol. The average Bonchev–Trinajstić information content (AvgIpc) is 1.85.